The van der Waals surface area contributed by atoms with Gasteiger partial charge in [0.05, 0.1) is 18.0 Å². The molecule has 0 spiro atoms. The number of likely N-dealkylation sites (tertiary alicyclic amines) is 2. The third-order valence-electron chi connectivity index (χ3n) is 6.59. The lowest BCUT2D eigenvalue weighted by atomic mass is 9.75. The van der Waals surface area contributed by atoms with Crippen LogP contribution in [0.4, 0.5) is 0 Å². The average Bonchev–Trinajstić information content (AvgIpc) is 3.58. The molecule has 5 rings (SSSR count). The summed E-state index contributed by atoms with van der Waals surface area (Å²) in [4.78, 5) is 52.1. The zero-order valence-corrected chi connectivity index (χ0v) is 18.9. The summed E-state index contributed by atoms with van der Waals surface area (Å²) in [5.74, 6) is -0.677. The Hall–Kier alpha value is -3.39. The molecule has 2 aromatic heterocycles. The zero-order chi connectivity index (χ0) is 22.8. The SMILES string of the molecule is O=C1C[C@](CC(=O)N2CCC[C@@H]2c2nccs2)(c2ccccc2)C(=O)N1Cc1ccncc1. The van der Waals surface area contributed by atoms with Crippen molar-refractivity contribution < 1.29 is 14.4 Å². The standard InChI is InChI=1S/C25H24N4O3S/c30-21(28-13-4-7-20(28)23-27-12-14-33-23)15-25(19-5-2-1-3-6-19)16-22(31)29(24(25)32)17-18-8-10-26-11-9-18/h1-3,5-6,8-12,14,20H,4,7,13,15-17H2/t20-,25-/m1/s1. The Bertz CT molecular complexity index is 1150. The first-order valence-electron chi connectivity index (χ1n) is 11.1. The van der Waals surface area contributed by atoms with E-state index in [1.54, 1.807) is 42.1 Å². The molecule has 0 N–H and O–H groups in total. The summed E-state index contributed by atoms with van der Waals surface area (Å²) in [6, 6.07) is 12.8. The minimum atomic E-state index is -1.20. The molecule has 0 bridgehead atoms. The summed E-state index contributed by atoms with van der Waals surface area (Å²) in [7, 11) is 0. The molecule has 2 fully saturated rings. The lowest BCUT2D eigenvalue weighted by molar-refractivity contribution is -0.143. The molecule has 0 unspecified atom stereocenters. The maximum absolute atomic E-state index is 13.8. The smallest absolute Gasteiger partial charge is 0.241 e. The van der Waals surface area contributed by atoms with Gasteiger partial charge in [-0.25, -0.2) is 4.98 Å². The Morgan fingerprint density at radius 3 is 2.61 bits per heavy atom. The Labute approximate surface area is 196 Å². The van der Waals surface area contributed by atoms with E-state index in [-0.39, 0.29) is 43.1 Å². The second-order valence-corrected chi connectivity index (χ2v) is 9.48. The van der Waals surface area contributed by atoms with Crippen LogP contribution in [0.25, 0.3) is 0 Å². The van der Waals surface area contributed by atoms with Gasteiger partial charge < -0.3 is 4.90 Å². The summed E-state index contributed by atoms with van der Waals surface area (Å²) in [5.41, 5.74) is 0.336. The van der Waals surface area contributed by atoms with Gasteiger partial charge in [0, 0.05) is 43.4 Å². The zero-order valence-electron chi connectivity index (χ0n) is 18.1. The van der Waals surface area contributed by atoms with E-state index in [1.165, 1.54) is 4.90 Å². The predicted octanol–water partition coefficient (Wildman–Crippen LogP) is 3.49. The Balaban J connectivity index is 1.46. The number of rotatable bonds is 6. The van der Waals surface area contributed by atoms with Crippen molar-refractivity contribution in [2.24, 2.45) is 0 Å². The number of hydrogen-bond donors (Lipinski definition) is 0. The molecule has 0 aliphatic carbocycles. The molecule has 2 saturated heterocycles. The maximum Gasteiger partial charge on any atom is 0.241 e. The number of benzene rings is 1. The summed E-state index contributed by atoms with van der Waals surface area (Å²) in [6.45, 7) is 0.811. The highest BCUT2D eigenvalue weighted by Crippen LogP contribution is 2.42. The number of carbonyl (C=O) groups excluding carboxylic acids is 3. The summed E-state index contributed by atoms with van der Waals surface area (Å²) in [5, 5.41) is 2.83. The fraction of sp³-hybridized carbons (Fsp3) is 0.320. The quantitative estimate of drug-likeness (QED) is 0.526. The number of carbonyl (C=O) groups is 3. The van der Waals surface area contributed by atoms with E-state index >= 15 is 0 Å². The van der Waals surface area contributed by atoms with Crippen molar-refractivity contribution in [1.82, 2.24) is 19.8 Å². The number of pyridine rings is 1. The van der Waals surface area contributed by atoms with Crippen LogP contribution in [-0.2, 0) is 26.3 Å². The van der Waals surface area contributed by atoms with Crippen LogP contribution in [0.2, 0.25) is 0 Å². The van der Waals surface area contributed by atoms with Gasteiger partial charge in [0.2, 0.25) is 17.7 Å². The second kappa shape index (κ2) is 8.86. The van der Waals surface area contributed by atoms with Gasteiger partial charge in [0.25, 0.3) is 0 Å². The average molecular weight is 461 g/mol. The molecule has 4 heterocycles. The van der Waals surface area contributed by atoms with Crippen LogP contribution in [0.1, 0.15) is 47.9 Å². The number of aromatic nitrogens is 2. The van der Waals surface area contributed by atoms with Crippen molar-refractivity contribution in [2.75, 3.05) is 6.54 Å². The largest absolute Gasteiger partial charge is 0.333 e. The molecule has 2 aliphatic heterocycles. The van der Waals surface area contributed by atoms with E-state index in [0.29, 0.717) is 12.1 Å². The highest BCUT2D eigenvalue weighted by atomic mass is 32.1. The van der Waals surface area contributed by atoms with Gasteiger partial charge in [-0.15, -0.1) is 11.3 Å². The van der Waals surface area contributed by atoms with E-state index in [4.69, 9.17) is 0 Å². The van der Waals surface area contributed by atoms with Crippen molar-refractivity contribution in [3.63, 3.8) is 0 Å². The molecule has 8 heteroatoms. The molecule has 33 heavy (non-hydrogen) atoms. The van der Waals surface area contributed by atoms with E-state index in [2.05, 4.69) is 9.97 Å². The van der Waals surface area contributed by atoms with Crippen LogP contribution in [0.15, 0.2) is 66.4 Å². The molecular formula is C25H24N4O3S. The van der Waals surface area contributed by atoms with Gasteiger partial charge in [-0.2, -0.15) is 0 Å². The van der Waals surface area contributed by atoms with Crippen LogP contribution >= 0.6 is 11.3 Å². The monoisotopic (exact) mass is 460 g/mol. The minimum absolute atomic E-state index is 0.0115. The van der Waals surface area contributed by atoms with Gasteiger partial charge in [0.1, 0.15) is 5.01 Å². The van der Waals surface area contributed by atoms with E-state index < -0.39 is 5.41 Å². The molecule has 0 saturated carbocycles. The van der Waals surface area contributed by atoms with Crippen molar-refractivity contribution in [2.45, 2.75) is 43.7 Å². The first kappa shape index (κ1) is 21.5. The summed E-state index contributed by atoms with van der Waals surface area (Å²) < 4.78 is 0. The number of thiazole rings is 1. The third kappa shape index (κ3) is 3.95. The Morgan fingerprint density at radius 2 is 1.88 bits per heavy atom. The number of hydrogen-bond acceptors (Lipinski definition) is 6. The highest BCUT2D eigenvalue weighted by Gasteiger charge is 2.54. The summed E-state index contributed by atoms with van der Waals surface area (Å²) in [6.07, 6.45) is 6.75. The van der Waals surface area contributed by atoms with Crippen LogP contribution in [0.5, 0.6) is 0 Å². The van der Waals surface area contributed by atoms with E-state index in [0.717, 1.165) is 23.4 Å². The molecule has 0 radical (unpaired) electrons. The van der Waals surface area contributed by atoms with Gasteiger partial charge in [-0.1, -0.05) is 30.3 Å². The molecule has 3 amide bonds. The Kier molecular flexibility index (Phi) is 5.76. The van der Waals surface area contributed by atoms with Crippen LogP contribution in [-0.4, -0.2) is 44.0 Å². The maximum atomic E-state index is 13.8. The van der Waals surface area contributed by atoms with Crippen molar-refractivity contribution in [3.05, 3.63) is 82.6 Å². The molecule has 2 aliphatic rings. The number of imide groups is 1. The third-order valence-corrected chi connectivity index (χ3v) is 7.46. The van der Waals surface area contributed by atoms with Crippen LogP contribution in [0.3, 0.4) is 0 Å². The van der Waals surface area contributed by atoms with Gasteiger partial charge >= 0.3 is 0 Å². The predicted molar refractivity (Wildman–Crippen MR) is 123 cm³/mol. The summed E-state index contributed by atoms with van der Waals surface area (Å²) >= 11 is 1.54. The van der Waals surface area contributed by atoms with Crippen molar-refractivity contribution >= 4 is 29.1 Å². The first-order chi connectivity index (χ1) is 16.1. The normalized spacial score (nSPS) is 22.8. The topological polar surface area (TPSA) is 83.5 Å². The molecule has 168 valence electrons. The van der Waals surface area contributed by atoms with Gasteiger partial charge in [-0.05, 0) is 36.1 Å². The molecule has 7 nitrogen and oxygen atoms in total. The highest BCUT2D eigenvalue weighted by molar-refractivity contribution is 7.09. The van der Waals surface area contributed by atoms with Crippen LogP contribution in [0, 0.1) is 0 Å². The fourth-order valence-electron chi connectivity index (χ4n) is 4.94. The molecule has 3 aromatic rings. The molecule has 1 aromatic carbocycles. The van der Waals surface area contributed by atoms with E-state index in [1.807, 2.05) is 40.6 Å². The lowest BCUT2D eigenvalue weighted by Gasteiger charge is -2.31. The number of nitrogens with zero attached hydrogens (tertiary/aromatic N) is 4. The Morgan fingerprint density at radius 1 is 1.09 bits per heavy atom. The van der Waals surface area contributed by atoms with E-state index in [9.17, 15) is 14.4 Å². The first-order valence-corrected chi connectivity index (χ1v) is 11.9. The second-order valence-electron chi connectivity index (χ2n) is 8.56. The van der Waals surface area contributed by atoms with Gasteiger partial charge in [-0.3, -0.25) is 24.3 Å². The van der Waals surface area contributed by atoms with Crippen LogP contribution < -0.4 is 0 Å². The fourth-order valence-corrected chi connectivity index (χ4v) is 5.72. The molecule has 2 atom stereocenters. The molecular weight excluding hydrogens is 436 g/mol. The minimum Gasteiger partial charge on any atom is -0.333 e. The van der Waals surface area contributed by atoms with Crippen molar-refractivity contribution in [3.8, 4) is 0 Å². The van der Waals surface area contributed by atoms with Gasteiger partial charge in [0.15, 0.2) is 0 Å². The van der Waals surface area contributed by atoms with Crippen molar-refractivity contribution in [1.29, 1.82) is 0 Å². The lowest BCUT2D eigenvalue weighted by Crippen LogP contribution is -2.43. The number of amides is 3.